The highest BCUT2D eigenvalue weighted by Gasteiger charge is 2.27. The maximum absolute atomic E-state index is 12.5. The van der Waals surface area contributed by atoms with Gasteiger partial charge in [-0.05, 0) is 37.5 Å². The van der Waals surface area contributed by atoms with E-state index in [1.807, 2.05) is 20.8 Å². The molecule has 0 aromatic heterocycles. The van der Waals surface area contributed by atoms with Crippen LogP contribution < -0.4 is 14.4 Å². The third kappa shape index (κ3) is 3.84. The van der Waals surface area contributed by atoms with Crippen LogP contribution in [0, 0.1) is 5.92 Å². The first-order chi connectivity index (χ1) is 10.8. The van der Waals surface area contributed by atoms with Crippen molar-refractivity contribution in [2.75, 3.05) is 18.6 Å². The molecule has 1 N–H and O–H groups in total. The quantitative estimate of drug-likeness (QED) is 0.861. The van der Waals surface area contributed by atoms with Gasteiger partial charge >= 0.3 is 0 Å². The zero-order valence-electron chi connectivity index (χ0n) is 14.0. The van der Waals surface area contributed by atoms with Gasteiger partial charge in [-0.2, -0.15) is 0 Å². The van der Waals surface area contributed by atoms with Gasteiger partial charge in [0.15, 0.2) is 0 Å². The summed E-state index contributed by atoms with van der Waals surface area (Å²) >= 11 is 0. The molecule has 0 radical (unpaired) electrons. The number of hydrogen-bond donors (Lipinski definition) is 1. The van der Waals surface area contributed by atoms with Gasteiger partial charge in [-0.25, -0.2) is 13.1 Å². The topological polar surface area (TPSA) is 75.7 Å². The summed E-state index contributed by atoms with van der Waals surface area (Å²) < 4.78 is 33.0. The van der Waals surface area contributed by atoms with Crippen molar-refractivity contribution in [3.8, 4) is 5.75 Å². The molecule has 128 valence electrons. The Balaban J connectivity index is 2.39. The van der Waals surface area contributed by atoms with E-state index in [4.69, 9.17) is 4.74 Å². The Labute approximate surface area is 137 Å². The van der Waals surface area contributed by atoms with E-state index < -0.39 is 10.0 Å². The largest absolute Gasteiger partial charge is 0.495 e. The van der Waals surface area contributed by atoms with Crippen LogP contribution in [0.4, 0.5) is 5.69 Å². The molecule has 0 bridgehead atoms. The van der Waals surface area contributed by atoms with Crippen molar-refractivity contribution in [3.05, 3.63) is 18.2 Å². The number of carbonyl (C=O) groups is 1. The lowest BCUT2D eigenvalue weighted by molar-refractivity contribution is -0.117. The second kappa shape index (κ2) is 6.88. The Kier molecular flexibility index (Phi) is 5.31. The second-order valence-corrected chi connectivity index (χ2v) is 7.85. The molecule has 6 nitrogen and oxygen atoms in total. The van der Waals surface area contributed by atoms with Gasteiger partial charge in [-0.15, -0.1) is 0 Å². The number of ether oxygens (including phenoxy) is 1. The number of methoxy groups -OCH3 is 1. The molecular weight excluding hydrogens is 316 g/mol. The van der Waals surface area contributed by atoms with E-state index in [9.17, 15) is 13.2 Å². The molecule has 1 aliphatic rings. The molecule has 0 aliphatic carbocycles. The van der Waals surface area contributed by atoms with Crippen molar-refractivity contribution >= 4 is 21.6 Å². The highest BCUT2D eigenvalue weighted by atomic mass is 32.2. The number of benzene rings is 1. The molecule has 1 heterocycles. The van der Waals surface area contributed by atoms with Crippen molar-refractivity contribution in [3.63, 3.8) is 0 Å². The average Bonchev–Trinajstić information content (AvgIpc) is 2.92. The predicted molar refractivity (Wildman–Crippen MR) is 89.2 cm³/mol. The molecule has 1 saturated heterocycles. The van der Waals surface area contributed by atoms with E-state index in [2.05, 4.69) is 4.72 Å². The zero-order chi connectivity index (χ0) is 17.2. The zero-order valence-corrected chi connectivity index (χ0v) is 14.8. The fourth-order valence-corrected chi connectivity index (χ4v) is 3.81. The van der Waals surface area contributed by atoms with Crippen LogP contribution >= 0.6 is 0 Å². The first kappa shape index (κ1) is 17.7. The molecule has 1 atom stereocenters. The Morgan fingerprint density at radius 1 is 1.26 bits per heavy atom. The number of amides is 1. The monoisotopic (exact) mass is 340 g/mol. The summed E-state index contributed by atoms with van der Waals surface area (Å²) in [6.07, 6.45) is 1.24. The summed E-state index contributed by atoms with van der Waals surface area (Å²) in [5, 5.41) is 0. The van der Waals surface area contributed by atoms with Crippen molar-refractivity contribution < 1.29 is 17.9 Å². The number of nitrogens with zero attached hydrogens (tertiary/aromatic N) is 1. The molecule has 1 amide bonds. The van der Waals surface area contributed by atoms with Crippen LogP contribution in [-0.4, -0.2) is 34.0 Å². The van der Waals surface area contributed by atoms with Gasteiger partial charge in [0.25, 0.3) is 0 Å². The lowest BCUT2D eigenvalue weighted by atomic mass is 10.1. The standard InChI is InChI=1S/C16H24N2O4S/c1-11(2)12(3)17-23(20,21)13-7-8-15(22-4)14(10-13)18-9-5-6-16(18)19/h7-8,10-12,17H,5-6,9H2,1-4H3. The Bertz CT molecular complexity index is 685. The smallest absolute Gasteiger partial charge is 0.240 e. The molecule has 0 saturated carbocycles. The van der Waals surface area contributed by atoms with E-state index in [1.165, 1.54) is 19.2 Å². The molecule has 0 spiro atoms. The van der Waals surface area contributed by atoms with Gasteiger partial charge in [0.1, 0.15) is 5.75 Å². The number of sulfonamides is 1. The van der Waals surface area contributed by atoms with Crippen molar-refractivity contribution in [2.24, 2.45) is 5.92 Å². The van der Waals surface area contributed by atoms with E-state index in [-0.39, 0.29) is 22.8 Å². The van der Waals surface area contributed by atoms with Crippen LogP contribution in [0.2, 0.25) is 0 Å². The van der Waals surface area contributed by atoms with Gasteiger partial charge in [0.2, 0.25) is 15.9 Å². The van der Waals surface area contributed by atoms with Crippen LogP contribution in [0.5, 0.6) is 5.75 Å². The number of carbonyl (C=O) groups excluding carboxylic acids is 1. The van der Waals surface area contributed by atoms with Gasteiger partial charge in [-0.3, -0.25) is 4.79 Å². The number of nitrogens with one attached hydrogen (secondary N) is 1. The van der Waals surface area contributed by atoms with Gasteiger partial charge in [-0.1, -0.05) is 13.8 Å². The first-order valence-electron chi connectivity index (χ1n) is 7.77. The molecule has 1 aromatic carbocycles. The molecule has 23 heavy (non-hydrogen) atoms. The van der Waals surface area contributed by atoms with Crippen LogP contribution in [0.3, 0.4) is 0 Å². The molecular formula is C16H24N2O4S. The summed E-state index contributed by atoms with van der Waals surface area (Å²) in [6, 6.07) is 4.42. The molecule has 2 rings (SSSR count). The minimum absolute atomic E-state index is 0.0126. The van der Waals surface area contributed by atoms with Crippen LogP contribution in [0.1, 0.15) is 33.6 Å². The number of rotatable bonds is 6. The fraction of sp³-hybridized carbons (Fsp3) is 0.562. The number of hydrogen-bond acceptors (Lipinski definition) is 4. The SMILES string of the molecule is COc1ccc(S(=O)(=O)NC(C)C(C)C)cc1N1CCCC1=O. The first-order valence-corrected chi connectivity index (χ1v) is 9.25. The van der Waals surface area contributed by atoms with E-state index in [0.29, 0.717) is 24.4 Å². The van der Waals surface area contributed by atoms with Crippen molar-refractivity contribution in [1.29, 1.82) is 0 Å². The van der Waals surface area contributed by atoms with Gasteiger partial charge in [0.05, 0.1) is 17.7 Å². The Morgan fingerprint density at radius 3 is 2.48 bits per heavy atom. The lowest BCUT2D eigenvalue weighted by Gasteiger charge is -2.21. The van der Waals surface area contributed by atoms with E-state index in [0.717, 1.165) is 6.42 Å². The average molecular weight is 340 g/mol. The molecule has 7 heteroatoms. The van der Waals surface area contributed by atoms with Crippen LogP contribution in [0.25, 0.3) is 0 Å². The number of anilines is 1. The minimum Gasteiger partial charge on any atom is -0.495 e. The molecule has 1 aliphatic heterocycles. The fourth-order valence-electron chi connectivity index (χ4n) is 2.40. The summed E-state index contributed by atoms with van der Waals surface area (Å²) in [5.41, 5.74) is 0.509. The van der Waals surface area contributed by atoms with Gasteiger partial charge in [0, 0.05) is 19.0 Å². The van der Waals surface area contributed by atoms with Crippen LogP contribution in [0.15, 0.2) is 23.1 Å². The Hall–Kier alpha value is -1.60. The van der Waals surface area contributed by atoms with Crippen LogP contribution in [-0.2, 0) is 14.8 Å². The van der Waals surface area contributed by atoms with Crippen molar-refractivity contribution in [1.82, 2.24) is 4.72 Å². The Morgan fingerprint density at radius 2 is 1.96 bits per heavy atom. The summed E-state index contributed by atoms with van der Waals surface area (Å²) in [6.45, 7) is 6.32. The summed E-state index contributed by atoms with van der Waals surface area (Å²) in [4.78, 5) is 13.7. The maximum atomic E-state index is 12.5. The summed E-state index contributed by atoms with van der Waals surface area (Å²) in [5.74, 6) is 0.667. The highest BCUT2D eigenvalue weighted by Crippen LogP contribution is 2.33. The predicted octanol–water partition coefficient (Wildman–Crippen LogP) is 2.14. The minimum atomic E-state index is -3.64. The molecule has 1 unspecified atom stereocenters. The summed E-state index contributed by atoms with van der Waals surface area (Å²) in [7, 11) is -2.14. The molecule has 1 fully saturated rings. The normalized spacial score (nSPS) is 16.9. The third-order valence-electron chi connectivity index (χ3n) is 4.17. The van der Waals surface area contributed by atoms with E-state index in [1.54, 1.807) is 11.0 Å². The van der Waals surface area contributed by atoms with Crippen molar-refractivity contribution in [2.45, 2.75) is 44.6 Å². The lowest BCUT2D eigenvalue weighted by Crippen LogP contribution is -2.36. The molecule has 1 aromatic rings. The van der Waals surface area contributed by atoms with Gasteiger partial charge < -0.3 is 9.64 Å². The second-order valence-electron chi connectivity index (χ2n) is 6.14. The third-order valence-corrected chi connectivity index (χ3v) is 5.72. The van der Waals surface area contributed by atoms with E-state index >= 15 is 0 Å². The highest BCUT2D eigenvalue weighted by molar-refractivity contribution is 7.89. The maximum Gasteiger partial charge on any atom is 0.240 e.